The van der Waals surface area contributed by atoms with Crippen molar-refractivity contribution < 1.29 is 9.18 Å². The highest BCUT2D eigenvalue weighted by Crippen LogP contribution is 2.21. The molecule has 1 aromatic carbocycles. The quantitative estimate of drug-likeness (QED) is 0.834. The van der Waals surface area contributed by atoms with Gasteiger partial charge in [0.15, 0.2) is 5.16 Å². The molecule has 1 N–H and O–H groups in total. The number of nitrogens with zero attached hydrogens (tertiary/aromatic N) is 2. The maximum Gasteiger partial charge on any atom is 0.233 e. The number of carbonyl (C=O) groups is 1. The molecule has 21 heavy (non-hydrogen) atoms. The lowest BCUT2D eigenvalue weighted by atomic mass is 10.2. The summed E-state index contributed by atoms with van der Waals surface area (Å²) in [6, 6.07) is 6.20. The van der Waals surface area contributed by atoms with E-state index in [2.05, 4.69) is 9.97 Å². The highest BCUT2D eigenvalue weighted by molar-refractivity contribution is 7.99. The number of nitrogens with one attached hydrogen (secondary N) is 1. The second kappa shape index (κ2) is 7.26. The number of thioether (sulfide) groups is 1. The summed E-state index contributed by atoms with van der Waals surface area (Å²) in [5.41, 5.74) is 1.68. The van der Waals surface area contributed by atoms with Gasteiger partial charge in [0.25, 0.3) is 0 Å². The fourth-order valence-corrected chi connectivity index (χ4v) is 2.70. The van der Waals surface area contributed by atoms with Crippen LogP contribution in [-0.4, -0.2) is 39.6 Å². The molecule has 2 aromatic rings. The van der Waals surface area contributed by atoms with E-state index in [0.717, 1.165) is 24.3 Å². The number of imidazole rings is 1. The summed E-state index contributed by atoms with van der Waals surface area (Å²) in [6.45, 7) is 5.36. The minimum absolute atomic E-state index is 0.102. The molecule has 112 valence electrons. The Morgan fingerprint density at radius 3 is 2.57 bits per heavy atom. The molecule has 0 bridgehead atoms. The summed E-state index contributed by atoms with van der Waals surface area (Å²) in [4.78, 5) is 21.1. The lowest BCUT2D eigenvalue weighted by Gasteiger charge is -2.17. The molecule has 4 nitrogen and oxygen atoms in total. The van der Waals surface area contributed by atoms with E-state index in [0.29, 0.717) is 10.9 Å². The van der Waals surface area contributed by atoms with Gasteiger partial charge in [-0.2, -0.15) is 0 Å². The van der Waals surface area contributed by atoms with Crippen LogP contribution in [-0.2, 0) is 4.79 Å². The van der Waals surface area contributed by atoms with E-state index in [9.17, 15) is 9.18 Å². The molecule has 0 spiro atoms. The lowest BCUT2D eigenvalue weighted by Crippen LogP contribution is -2.31. The molecule has 0 radical (unpaired) electrons. The zero-order chi connectivity index (χ0) is 15.2. The average molecular weight is 307 g/mol. The van der Waals surface area contributed by atoms with Gasteiger partial charge in [0, 0.05) is 13.1 Å². The maximum absolute atomic E-state index is 12.9. The van der Waals surface area contributed by atoms with Gasteiger partial charge < -0.3 is 9.88 Å². The van der Waals surface area contributed by atoms with Crippen LogP contribution >= 0.6 is 11.8 Å². The number of carbonyl (C=O) groups excluding carboxylic acids is 1. The molecular weight excluding hydrogens is 289 g/mol. The van der Waals surface area contributed by atoms with Gasteiger partial charge in [-0.15, -0.1) is 0 Å². The van der Waals surface area contributed by atoms with E-state index < -0.39 is 0 Å². The molecule has 0 unspecified atom stereocenters. The van der Waals surface area contributed by atoms with Gasteiger partial charge in [0.05, 0.1) is 17.6 Å². The number of rotatable bonds is 6. The molecule has 0 aliphatic rings. The number of amides is 1. The third kappa shape index (κ3) is 4.07. The van der Waals surface area contributed by atoms with Crippen LogP contribution in [0, 0.1) is 5.82 Å². The van der Waals surface area contributed by atoms with Gasteiger partial charge in [0.2, 0.25) is 5.91 Å². The van der Waals surface area contributed by atoms with Gasteiger partial charge in [-0.3, -0.25) is 4.79 Å². The number of halogens is 1. The fraction of sp³-hybridized carbons (Fsp3) is 0.333. The maximum atomic E-state index is 12.9. The van der Waals surface area contributed by atoms with Crippen LogP contribution in [0.1, 0.15) is 13.8 Å². The molecule has 0 fully saturated rings. The predicted octanol–water partition coefficient (Wildman–Crippen LogP) is 3.18. The van der Waals surface area contributed by atoms with Crippen LogP contribution in [0.25, 0.3) is 11.3 Å². The monoisotopic (exact) mass is 307 g/mol. The van der Waals surface area contributed by atoms with Crippen LogP contribution < -0.4 is 0 Å². The van der Waals surface area contributed by atoms with Crippen molar-refractivity contribution in [3.63, 3.8) is 0 Å². The third-order valence-electron chi connectivity index (χ3n) is 3.16. The Labute approximate surface area is 127 Å². The smallest absolute Gasteiger partial charge is 0.233 e. The number of H-pyrrole nitrogens is 1. The third-order valence-corrected chi connectivity index (χ3v) is 4.03. The van der Waals surface area contributed by atoms with E-state index in [-0.39, 0.29) is 11.7 Å². The normalized spacial score (nSPS) is 10.6. The Morgan fingerprint density at radius 2 is 1.95 bits per heavy atom. The standard InChI is InChI=1S/C15H18FN3OS/c1-3-19(4-2)14(20)10-21-15-17-9-13(18-15)11-5-7-12(16)8-6-11/h5-9H,3-4,10H2,1-2H3,(H,17,18). The van der Waals surface area contributed by atoms with Crippen molar-refractivity contribution in [1.82, 2.24) is 14.9 Å². The minimum Gasteiger partial charge on any atom is -0.343 e. The Bertz CT molecular complexity index is 593. The van der Waals surface area contributed by atoms with Gasteiger partial charge in [-0.05, 0) is 43.7 Å². The summed E-state index contributed by atoms with van der Waals surface area (Å²) in [5.74, 6) is 0.195. The second-order valence-corrected chi connectivity index (χ2v) is 5.43. The first-order valence-electron chi connectivity index (χ1n) is 6.85. The van der Waals surface area contributed by atoms with E-state index in [1.54, 1.807) is 23.2 Å². The first-order valence-corrected chi connectivity index (χ1v) is 7.84. The Hall–Kier alpha value is -1.82. The van der Waals surface area contributed by atoms with Crippen molar-refractivity contribution in [3.8, 4) is 11.3 Å². The number of hydrogen-bond acceptors (Lipinski definition) is 3. The van der Waals surface area contributed by atoms with Crippen molar-refractivity contribution in [1.29, 1.82) is 0 Å². The number of benzene rings is 1. The van der Waals surface area contributed by atoms with Crippen LogP contribution in [0.3, 0.4) is 0 Å². The molecule has 1 amide bonds. The van der Waals surface area contributed by atoms with Gasteiger partial charge in [0.1, 0.15) is 5.82 Å². The highest BCUT2D eigenvalue weighted by atomic mass is 32.2. The van der Waals surface area contributed by atoms with Crippen molar-refractivity contribution in [2.75, 3.05) is 18.8 Å². The highest BCUT2D eigenvalue weighted by Gasteiger charge is 2.11. The summed E-state index contributed by atoms with van der Waals surface area (Å²) in [7, 11) is 0. The molecule has 1 heterocycles. The van der Waals surface area contributed by atoms with Crippen LogP contribution in [0.2, 0.25) is 0 Å². The van der Waals surface area contributed by atoms with Crippen molar-refractivity contribution in [3.05, 3.63) is 36.3 Å². The van der Waals surface area contributed by atoms with E-state index in [1.165, 1.54) is 23.9 Å². The first kappa shape index (κ1) is 15.6. The predicted molar refractivity (Wildman–Crippen MR) is 82.6 cm³/mol. The number of hydrogen-bond donors (Lipinski definition) is 1. The van der Waals surface area contributed by atoms with Crippen molar-refractivity contribution in [2.24, 2.45) is 0 Å². The fourth-order valence-electron chi connectivity index (χ4n) is 1.95. The van der Waals surface area contributed by atoms with E-state index in [4.69, 9.17) is 0 Å². The molecule has 1 aromatic heterocycles. The topological polar surface area (TPSA) is 49.0 Å². The van der Waals surface area contributed by atoms with E-state index >= 15 is 0 Å². The molecule has 0 saturated heterocycles. The summed E-state index contributed by atoms with van der Waals surface area (Å²) in [5, 5.41) is 0.690. The Balaban J connectivity index is 1.97. The zero-order valence-electron chi connectivity index (χ0n) is 12.1. The van der Waals surface area contributed by atoms with Crippen LogP contribution in [0.5, 0.6) is 0 Å². The summed E-state index contributed by atoms with van der Waals surface area (Å²) in [6.07, 6.45) is 1.69. The number of aromatic amines is 1. The second-order valence-electron chi connectivity index (χ2n) is 4.46. The summed E-state index contributed by atoms with van der Waals surface area (Å²) < 4.78 is 12.9. The average Bonchev–Trinajstić information content (AvgIpc) is 2.96. The van der Waals surface area contributed by atoms with Crippen LogP contribution in [0.4, 0.5) is 4.39 Å². The first-order chi connectivity index (χ1) is 10.1. The van der Waals surface area contributed by atoms with Crippen molar-refractivity contribution in [2.45, 2.75) is 19.0 Å². The Morgan fingerprint density at radius 1 is 1.29 bits per heavy atom. The summed E-state index contributed by atoms with van der Waals surface area (Å²) >= 11 is 1.37. The van der Waals surface area contributed by atoms with Gasteiger partial charge in [-0.1, -0.05) is 11.8 Å². The zero-order valence-corrected chi connectivity index (χ0v) is 12.9. The van der Waals surface area contributed by atoms with Gasteiger partial charge >= 0.3 is 0 Å². The molecule has 0 atom stereocenters. The molecule has 6 heteroatoms. The molecular formula is C15H18FN3OS. The lowest BCUT2D eigenvalue weighted by molar-refractivity contribution is -0.127. The molecule has 2 rings (SSSR count). The SMILES string of the molecule is CCN(CC)C(=O)CSc1ncc(-c2ccc(F)cc2)[nH]1. The Kier molecular flexibility index (Phi) is 5.38. The molecule has 0 aliphatic carbocycles. The van der Waals surface area contributed by atoms with Crippen molar-refractivity contribution >= 4 is 17.7 Å². The number of aromatic nitrogens is 2. The minimum atomic E-state index is -0.266. The van der Waals surface area contributed by atoms with E-state index in [1.807, 2.05) is 13.8 Å². The van der Waals surface area contributed by atoms with Gasteiger partial charge in [-0.25, -0.2) is 9.37 Å². The largest absolute Gasteiger partial charge is 0.343 e. The van der Waals surface area contributed by atoms with Crippen LogP contribution in [0.15, 0.2) is 35.6 Å². The molecule has 0 aliphatic heterocycles. The molecule has 0 saturated carbocycles.